The molecule has 0 saturated heterocycles. The van der Waals surface area contributed by atoms with Gasteiger partial charge in [-0.1, -0.05) is 13.8 Å². The Morgan fingerprint density at radius 1 is 1.17 bits per heavy atom. The fraction of sp³-hybridized carbons (Fsp3) is 1.00. The first-order chi connectivity index (χ1) is 2.41. The summed E-state index contributed by atoms with van der Waals surface area (Å²) in [6, 6.07) is 0. The second-order valence-electron chi connectivity index (χ2n) is 0.957. The lowest BCUT2D eigenvalue weighted by Gasteiger charge is -1.86. The molecule has 0 bridgehead atoms. The Morgan fingerprint density at radius 2 is 1.50 bits per heavy atom. The summed E-state index contributed by atoms with van der Waals surface area (Å²) in [4.78, 5) is 0. The van der Waals surface area contributed by atoms with Crippen molar-refractivity contribution in [2.45, 2.75) is 13.8 Å². The molecule has 2 N–H and O–H groups in total. The Labute approximate surface area is 38.9 Å². The van der Waals surface area contributed by atoms with Gasteiger partial charge in [-0.2, -0.15) is 0 Å². The van der Waals surface area contributed by atoms with Crippen LogP contribution in [-0.4, -0.2) is 18.6 Å². The molecule has 0 rings (SSSR count). The molecular weight excluding hydrogens is 78.0 g/mol. The highest BCUT2D eigenvalue weighted by molar-refractivity contribution is 4.27. The molecule has 2 heteroatoms. The molecule has 1 radical (unpaired) electrons. The van der Waals surface area contributed by atoms with Crippen molar-refractivity contribution < 1.29 is 5.48 Å². The van der Waals surface area contributed by atoms with Crippen LogP contribution in [0.2, 0.25) is 0 Å². The summed E-state index contributed by atoms with van der Waals surface area (Å²) in [7, 11) is 0. The fourth-order valence-corrected chi connectivity index (χ4v) is 0.250. The van der Waals surface area contributed by atoms with Crippen molar-refractivity contribution in [3.05, 3.63) is 0 Å². The van der Waals surface area contributed by atoms with Crippen LogP contribution in [0.4, 0.5) is 0 Å². The molecule has 0 aliphatic rings. The fourth-order valence-electron chi connectivity index (χ4n) is 0.250. The molecule has 0 aromatic carbocycles. The lowest BCUT2D eigenvalue weighted by molar-refractivity contribution is 0.762. The molecule has 0 atom stereocenters. The van der Waals surface area contributed by atoms with Crippen LogP contribution in [0.3, 0.4) is 0 Å². The maximum atomic E-state index is 3.11. The first-order valence-corrected chi connectivity index (χ1v) is 2.12. The van der Waals surface area contributed by atoms with Gasteiger partial charge in [0.2, 0.25) is 0 Å². The van der Waals surface area contributed by atoms with Gasteiger partial charge in [-0.15, -0.1) is 0 Å². The van der Waals surface area contributed by atoms with Crippen molar-refractivity contribution in [3.8, 4) is 0 Å². The van der Waals surface area contributed by atoms with Crippen LogP contribution in [0.25, 0.3) is 0 Å². The normalized spacial score (nSPS) is 7.00. The Kier molecular flexibility index (Phi) is 13.8. The van der Waals surface area contributed by atoms with Gasteiger partial charge in [-0.05, 0) is 13.1 Å². The van der Waals surface area contributed by atoms with Crippen LogP contribution < -0.4 is 5.32 Å². The Bertz CT molecular complexity index is 15.0. The zero-order valence-corrected chi connectivity index (χ0v) is 4.36. The van der Waals surface area contributed by atoms with Crippen LogP contribution >= 0.6 is 0 Å². The third-order valence-electron chi connectivity index (χ3n) is 0.500. The third kappa shape index (κ3) is 9.07. The van der Waals surface area contributed by atoms with Gasteiger partial charge < -0.3 is 5.32 Å². The molecule has 0 amide bonds. The molecular formula is C4H12NO. The standard InChI is InChI=1S/C4H11N.HO/c1-3-5-4-2;/h5H,3-4H2,1-2H3;1H. The van der Waals surface area contributed by atoms with Gasteiger partial charge in [-0.3, -0.25) is 5.48 Å². The molecule has 0 saturated carbocycles. The van der Waals surface area contributed by atoms with Crippen molar-refractivity contribution in [2.24, 2.45) is 0 Å². The molecule has 0 spiro atoms. The van der Waals surface area contributed by atoms with E-state index in [1.54, 1.807) is 0 Å². The van der Waals surface area contributed by atoms with Gasteiger partial charge in [-0.25, -0.2) is 0 Å². The zero-order chi connectivity index (χ0) is 4.12. The highest BCUT2D eigenvalue weighted by Gasteiger charge is 1.62. The van der Waals surface area contributed by atoms with Crippen molar-refractivity contribution in [2.75, 3.05) is 13.1 Å². The van der Waals surface area contributed by atoms with Gasteiger partial charge in [0.05, 0.1) is 0 Å². The van der Waals surface area contributed by atoms with Crippen molar-refractivity contribution in [1.29, 1.82) is 0 Å². The van der Waals surface area contributed by atoms with Crippen molar-refractivity contribution >= 4 is 0 Å². The third-order valence-corrected chi connectivity index (χ3v) is 0.500. The van der Waals surface area contributed by atoms with Gasteiger partial charge in [0.25, 0.3) is 0 Å². The van der Waals surface area contributed by atoms with E-state index in [0.29, 0.717) is 0 Å². The molecule has 0 aromatic rings. The molecule has 6 heavy (non-hydrogen) atoms. The second-order valence-corrected chi connectivity index (χ2v) is 0.957. The second kappa shape index (κ2) is 8.87. The predicted molar refractivity (Wildman–Crippen MR) is 26.2 cm³/mol. The molecule has 0 aromatic heterocycles. The van der Waals surface area contributed by atoms with E-state index in [1.807, 2.05) is 0 Å². The van der Waals surface area contributed by atoms with E-state index >= 15 is 0 Å². The molecule has 39 valence electrons. The summed E-state index contributed by atoms with van der Waals surface area (Å²) in [5, 5.41) is 3.11. The van der Waals surface area contributed by atoms with E-state index in [-0.39, 0.29) is 5.48 Å². The van der Waals surface area contributed by atoms with Crippen LogP contribution in [0.1, 0.15) is 13.8 Å². The molecule has 0 fully saturated rings. The molecule has 0 heterocycles. The largest absolute Gasteiger partial charge is 0.317 e. The van der Waals surface area contributed by atoms with Crippen molar-refractivity contribution in [3.63, 3.8) is 0 Å². The maximum absolute atomic E-state index is 3.11. The Hall–Kier alpha value is -0.0800. The number of hydrogen-bond acceptors (Lipinski definition) is 1. The van der Waals surface area contributed by atoms with Gasteiger partial charge in [0.15, 0.2) is 0 Å². The number of hydrogen-bond donors (Lipinski definition) is 2. The quantitative estimate of drug-likeness (QED) is 0.507. The summed E-state index contributed by atoms with van der Waals surface area (Å²) in [5.74, 6) is 0. The Balaban J connectivity index is 0. The van der Waals surface area contributed by atoms with E-state index in [4.69, 9.17) is 0 Å². The minimum absolute atomic E-state index is 0. The van der Waals surface area contributed by atoms with Gasteiger partial charge >= 0.3 is 0 Å². The van der Waals surface area contributed by atoms with E-state index in [1.165, 1.54) is 0 Å². The molecule has 0 aliphatic carbocycles. The van der Waals surface area contributed by atoms with Crippen LogP contribution in [-0.2, 0) is 0 Å². The van der Waals surface area contributed by atoms with Gasteiger partial charge in [0, 0.05) is 0 Å². The van der Waals surface area contributed by atoms with E-state index in [2.05, 4.69) is 19.2 Å². The van der Waals surface area contributed by atoms with Crippen LogP contribution in [0.5, 0.6) is 0 Å². The van der Waals surface area contributed by atoms with E-state index < -0.39 is 0 Å². The number of nitrogens with one attached hydrogen (secondary N) is 1. The topological polar surface area (TPSA) is 42.0 Å². The summed E-state index contributed by atoms with van der Waals surface area (Å²) in [5.41, 5.74) is 0. The van der Waals surface area contributed by atoms with Crippen LogP contribution in [0.15, 0.2) is 0 Å². The first-order valence-electron chi connectivity index (χ1n) is 2.12. The molecule has 0 aliphatic heterocycles. The lowest BCUT2D eigenvalue weighted by Crippen LogP contribution is -2.09. The molecule has 2 nitrogen and oxygen atoms in total. The Morgan fingerprint density at radius 3 is 1.50 bits per heavy atom. The van der Waals surface area contributed by atoms with Gasteiger partial charge in [0.1, 0.15) is 0 Å². The summed E-state index contributed by atoms with van der Waals surface area (Å²) in [6.45, 7) is 6.39. The zero-order valence-electron chi connectivity index (χ0n) is 4.36. The average Bonchev–Trinajstić information content (AvgIpc) is 1.41. The lowest BCUT2D eigenvalue weighted by atomic mass is 10.7. The van der Waals surface area contributed by atoms with Crippen LogP contribution in [0, 0.1) is 0 Å². The smallest absolute Gasteiger partial charge is 0.00775 e. The van der Waals surface area contributed by atoms with Crippen molar-refractivity contribution in [1.82, 2.24) is 5.32 Å². The highest BCUT2D eigenvalue weighted by atomic mass is 16.0. The summed E-state index contributed by atoms with van der Waals surface area (Å²) >= 11 is 0. The monoisotopic (exact) mass is 90.1 g/mol. The average molecular weight is 90.1 g/mol. The SMILES string of the molecule is CCNCC.[OH]. The predicted octanol–water partition coefficient (Wildman–Crippen LogP) is 0.439. The minimum atomic E-state index is 0. The molecule has 0 unspecified atom stereocenters. The maximum Gasteiger partial charge on any atom is -0.00775 e. The summed E-state index contributed by atoms with van der Waals surface area (Å²) in [6.07, 6.45) is 0. The minimum Gasteiger partial charge on any atom is -0.317 e. The number of rotatable bonds is 2. The summed E-state index contributed by atoms with van der Waals surface area (Å²) < 4.78 is 0. The van der Waals surface area contributed by atoms with E-state index in [0.717, 1.165) is 13.1 Å². The first kappa shape index (κ1) is 9.33. The highest BCUT2D eigenvalue weighted by Crippen LogP contribution is 1.47. The van der Waals surface area contributed by atoms with E-state index in [9.17, 15) is 0 Å².